The van der Waals surface area contributed by atoms with Gasteiger partial charge in [0.2, 0.25) is 0 Å². The van der Waals surface area contributed by atoms with Crippen LogP contribution in [0.1, 0.15) is 25.3 Å². The van der Waals surface area contributed by atoms with Crippen LogP contribution in [0.2, 0.25) is 0 Å². The summed E-state index contributed by atoms with van der Waals surface area (Å²) in [5.41, 5.74) is -4.45. The first-order chi connectivity index (χ1) is 19.6. The maximum atomic E-state index is 18.2. The summed E-state index contributed by atoms with van der Waals surface area (Å²) in [6.07, 6.45) is 0. The Morgan fingerprint density at radius 3 is 1.59 bits per heavy atom. The van der Waals surface area contributed by atoms with Crippen molar-refractivity contribution in [1.82, 2.24) is 0 Å². The number of ether oxygens (including phenoxy) is 3. The van der Waals surface area contributed by atoms with Gasteiger partial charge in [-0.25, -0.2) is 4.79 Å². The first-order valence-corrected chi connectivity index (χ1v) is 14.8. The largest absolute Gasteiger partial charge is 0.575 e. The Balaban J connectivity index is 1.90. The number of carbonyl (C=O) groups is 1. The topological polar surface area (TPSA) is 67.8 Å². The van der Waals surface area contributed by atoms with Crippen LogP contribution < -0.4 is 25.8 Å². The average Bonchev–Trinajstić information content (AvgIpc) is 2.96. The number of hydrogen-bond donors (Lipinski definition) is 0. The maximum Gasteiger partial charge on any atom is 0.378 e. The molecule has 1 heterocycles. The number of rotatable bonds is 8. The molecular formula is C33H29F2O5P. The molecule has 0 saturated heterocycles. The van der Waals surface area contributed by atoms with Gasteiger partial charge >= 0.3 is 11.6 Å². The molecular weight excluding hydrogens is 545 g/mol. The SMILES string of the molecule is COc1ccc(C(C2=C([O-])OC(C)(C)OC2=O)C(F)(F)[P+](c2ccccc2)(c2ccccc2)c2ccccc2)cc1. The van der Waals surface area contributed by atoms with E-state index in [4.69, 9.17) is 14.2 Å². The molecule has 5 rings (SSSR count). The number of carbonyl (C=O) groups excluding carboxylic acids is 1. The van der Waals surface area contributed by atoms with E-state index in [2.05, 4.69) is 0 Å². The summed E-state index contributed by atoms with van der Waals surface area (Å²) in [6, 6.07) is 31.6. The normalized spacial score (nSPS) is 16.0. The standard InChI is InChI=1S/C33H29F2O5P/c1-32(2)39-30(36)28(31(37)40-32)29(23-19-21-24(38-3)22-20-23)33(34,35)41(25-13-7-4-8-14-25,26-15-9-5-10-16-26)27-17-11-6-12-18-27/h4-22,29H,1-3H3. The second-order valence-corrected chi connectivity index (χ2v) is 13.6. The zero-order valence-corrected chi connectivity index (χ0v) is 23.7. The van der Waals surface area contributed by atoms with Gasteiger partial charge in [-0.05, 0) is 67.9 Å². The third-order valence-corrected chi connectivity index (χ3v) is 11.5. The van der Waals surface area contributed by atoms with Crippen LogP contribution in [0.4, 0.5) is 8.78 Å². The van der Waals surface area contributed by atoms with Gasteiger partial charge in [0.1, 0.15) is 27.6 Å². The first kappa shape index (κ1) is 28.3. The molecule has 1 aliphatic rings. The Labute approximate surface area is 238 Å². The Morgan fingerprint density at radius 1 is 0.756 bits per heavy atom. The molecule has 0 aromatic heterocycles. The molecule has 4 aromatic rings. The number of benzene rings is 4. The predicted octanol–water partition coefficient (Wildman–Crippen LogP) is 5.25. The van der Waals surface area contributed by atoms with E-state index < -0.39 is 42.1 Å². The zero-order chi connectivity index (χ0) is 29.3. The third-order valence-electron chi connectivity index (χ3n) is 7.08. The van der Waals surface area contributed by atoms with Crippen LogP contribution in [0.15, 0.2) is 127 Å². The van der Waals surface area contributed by atoms with Crippen molar-refractivity contribution in [3.8, 4) is 5.75 Å². The summed E-state index contributed by atoms with van der Waals surface area (Å²) in [6.45, 7) is 2.77. The molecule has 1 atom stereocenters. The summed E-state index contributed by atoms with van der Waals surface area (Å²) in [5.74, 6) is -5.45. The van der Waals surface area contributed by atoms with Crippen LogP contribution in [0, 0.1) is 0 Å². The Bertz CT molecular complexity index is 1440. The number of halogens is 2. The average molecular weight is 575 g/mol. The molecule has 0 fully saturated rings. The van der Waals surface area contributed by atoms with E-state index in [1.807, 2.05) is 0 Å². The second-order valence-electron chi connectivity index (χ2n) is 10.1. The molecule has 0 aliphatic carbocycles. The first-order valence-electron chi connectivity index (χ1n) is 13.0. The quantitative estimate of drug-likeness (QED) is 0.213. The minimum atomic E-state index is -3.95. The smallest absolute Gasteiger partial charge is 0.378 e. The molecule has 4 aromatic carbocycles. The van der Waals surface area contributed by atoms with E-state index >= 15 is 8.78 Å². The monoisotopic (exact) mass is 574 g/mol. The summed E-state index contributed by atoms with van der Waals surface area (Å²) < 4.78 is 52.5. The van der Waals surface area contributed by atoms with Gasteiger partial charge in [0.25, 0.3) is 0 Å². The molecule has 0 amide bonds. The second kappa shape index (κ2) is 11.0. The van der Waals surface area contributed by atoms with Gasteiger partial charge in [0.15, 0.2) is 13.0 Å². The predicted molar refractivity (Wildman–Crippen MR) is 154 cm³/mol. The number of hydrogen-bond acceptors (Lipinski definition) is 5. The molecule has 41 heavy (non-hydrogen) atoms. The Morgan fingerprint density at radius 2 is 1.20 bits per heavy atom. The highest BCUT2D eigenvalue weighted by molar-refractivity contribution is 7.96. The van der Waals surface area contributed by atoms with Gasteiger partial charge in [-0.1, -0.05) is 66.7 Å². The summed E-state index contributed by atoms with van der Waals surface area (Å²) in [5, 5.41) is 14.6. The number of cyclic esters (lactones) is 1. The van der Waals surface area contributed by atoms with Gasteiger partial charge in [-0.2, -0.15) is 8.78 Å². The van der Waals surface area contributed by atoms with Gasteiger partial charge in [0.05, 0.1) is 18.6 Å². The van der Waals surface area contributed by atoms with Crippen molar-refractivity contribution in [1.29, 1.82) is 0 Å². The summed E-state index contributed by atoms with van der Waals surface area (Å²) in [7, 11) is -2.49. The van der Waals surface area contributed by atoms with Crippen molar-refractivity contribution in [3.05, 3.63) is 132 Å². The lowest BCUT2D eigenvalue weighted by atomic mass is 9.90. The van der Waals surface area contributed by atoms with Crippen molar-refractivity contribution >= 4 is 29.1 Å². The maximum absolute atomic E-state index is 18.2. The molecule has 5 nitrogen and oxygen atoms in total. The highest BCUT2D eigenvalue weighted by atomic mass is 31.2. The van der Waals surface area contributed by atoms with Crippen molar-refractivity contribution in [3.63, 3.8) is 0 Å². The van der Waals surface area contributed by atoms with Gasteiger partial charge in [-0.3, -0.25) is 0 Å². The number of alkyl halides is 2. The molecule has 0 bridgehead atoms. The van der Waals surface area contributed by atoms with E-state index in [0.29, 0.717) is 21.7 Å². The van der Waals surface area contributed by atoms with E-state index in [9.17, 15) is 9.90 Å². The van der Waals surface area contributed by atoms with E-state index in [1.54, 1.807) is 91.0 Å². The fourth-order valence-corrected chi connectivity index (χ4v) is 9.80. The molecule has 1 unspecified atom stereocenters. The fourth-order valence-electron chi connectivity index (χ4n) is 5.35. The molecule has 0 radical (unpaired) electrons. The molecule has 0 spiro atoms. The minimum absolute atomic E-state index is 0.0478. The molecule has 0 saturated carbocycles. The third kappa shape index (κ3) is 4.95. The lowest BCUT2D eigenvalue weighted by Gasteiger charge is -2.44. The Kier molecular flexibility index (Phi) is 7.58. The van der Waals surface area contributed by atoms with Crippen LogP contribution in [0.3, 0.4) is 0 Å². The summed E-state index contributed by atoms with van der Waals surface area (Å²) >= 11 is 0. The molecule has 1 aliphatic heterocycles. The van der Waals surface area contributed by atoms with E-state index in [1.165, 1.54) is 45.2 Å². The van der Waals surface area contributed by atoms with Crippen molar-refractivity contribution in [2.45, 2.75) is 31.2 Å². The molecule has 8 heteroatoms. The Hall–Kier alpha value is -4.22. The van der Waals surface area contributed by atoms with Crippen molar-refractivity contribution < 1.29 is 32.9 Å². The lowest BCUT2D eigenvalue weighted by molar-refractivity contribution is -0.395. The highest BCUT2D eigenvalue weighted by Crippen LogP contribution is 2.72. The van der Waals surface area contributed by atoms with Crippen LogP contribution in [0.5, 0.6) is 5.75 Å². The van der Waals surface area contributed by atoms with Crippen LogP contribution in [0.25, 0.3) is 0 Å². The lowest BCUT2D eigenvalue weighted by Crippen LogP contribution is -2.49. The van der Waals surface area contributed by atoms with Gasteiger partial charge in [0, 0.05) is 0 Å². The van der Waals surface area contributed by atoms with E-state index in [-0.39, 0.29) is 5.56 Å². The zero-order valence-electron chi connectivity index (χ0n) is 22.8. The van der Waals surface area contributed by atoms with Crippen LogP contribution in [-0.4, -0.2) is 24.5 Å². The van der Waals surface area contributed by atoms with Crippen molar-refractivity contribution in [2.24, 2.45) is 0 Å². The minimum Gasteiger partial charge on any atom is -0.575 e. The summed E-state index contributed by atoms with van der Waals surface area (Å²) in [4.78, 5) is 13.4. The van der Waals surface area contributed by atoms with Crippen LogP contribution in [-0.2, 0) is 14.3 Å². The number of methoxy groups -OCH3 is 1. The highest BCUT2D eigenvalue weighted by Gasteiger charge is 2.71. The number of esters is 1. The fraction of sp³-hybridized carbons (Fsp3) is 0.182. The van der Waals surface area contributed by atoms with Crippen LogP contribution >= 0.6 is 7.26 Å². The van der Waals surface area contributed by atoms with E-state index in [0.717, 1.165) is 0 Å². The van der Waals surface area contributed by atoms with Gasteiger partial charge < -0.3 is 19.3 Å². The van der Waals surface area contributed by atoms with Crippen molar-refractivity contribution in [2.75, 3.05) is 7.11 Å². The molecule has 0 N–H and O–H groups in total. The van der Waals surface area contributed by atoms with Gasteiger partial charge in [-0.15, -0.1) is 0 Å². The molecule has 210 valence electrons.